The van der Waals surface area contributed by atoms with Crippen LogP contribution in [-0.4, -0.2) is 9.67 Å². The first-order chi connectivity index (χ1) is 24.1. The highest BCUT2D eigenvalue weighted by Gasteiger charge is 2.18. The van der Waals surface area contributed by atoms with Gasteiger partial charge >= 0.3 is 0 Å². The van der Waals surface area contributed by atoms with Crippen LogP contribution in [0.2, 0.25) is 0 Å². The van der Waals surface area contributed by atoms with Gasteiger partial charge in [0.1, 0.15) is 16.9 Å². The van der Waals surface area contributed by atoms with Gasteiger partial charge in [0.15, 0.2) is 0 Å². The molecule has 0 radical (unpaired) electrons. The number of fused-ring (bicyclic) bond motifs is 8. The number of anilines is 1. The summed E-state index contributed by atoms with van der Waals surface area (Å²) in [5, 5.41) is 19.9. The average Bonchev–Trinajstić information content (AvgIpc) is 3.68. The monoisotopic (exact) mass is 632 g/mol. The van der Waals surface area contributed by atoms with Crippen molar-refractivity contribution in [2.24, 2.45) is 0 Å². The van der Waals surface area contributed by atoms with E-state index in [1.165, 1.54) is 54.6 Å². The molecule has 2 heterocycles. The Morgan fingerprint density at radius 3 is 1.96 bits per heavy atom. The first-order valence-corrected chi connectivity index (χ1v) is 16.5. The summed E-state index contributed by atoms with van der Waals surface area (Å²) in [6.07, 6.45) is 0. The lowest BCUT2D eigenvalue weighted by Gasteiger charge is -2.13. The molecule has 0 fully saturated rings. The SMILES string of the molecule is Cc1ccc(-n2c3ccccc3c3cc4ccccc4cc32)c2ccccc12.Nc1c(O)c(-c2ccccc2)cc2oc3ccccc3c12. The zero-order valence-electron chi connectivity index (χ0n) is 26.9. The maximum Gasteiger partial charge on any atom is 0.147 e. The Bertz CT molecular complexity index is 2860. The van der Waals surface area contributed by atoms with Crippen molar-refractivity contribution in [2.45, 2.75) is 6.92 Å². The predicted octanol–water partition coefficient (Wildman–Crippen LogP) is 11.9. The first kappa shape index (κ1) is 28.7. The molecule has 49 heavy (non-hydrogen) atoms. The fourth-order valence-electron chi connectivity index (χ4n) is 7.29. The molecule has 0 atom stereocenters. The van der Waals surface area contributed by atoms with Gasteiger partial charge in [-0.05, 0) is 70.6 Å². The van der Waals surface area contributed by atoms with E-state index < -0.39 is 0 Å². The number of furan rings is 1. The van der Waals surface area contributed by atoms with Crippen LogP contribution in [0.25, 0.3) is 82.1 Å². The van der Waals surface area contributed by atoms with Crippen LogP contribution in [0.5, 0.6) is 5.75 Å². The van der Waals surface area contributed by atoms with Gasteiger partial charge in [0.25, 0.3) is 0 Å². The highest BCUT2D eigenvalue weighted by molar-refractivity contribution is 6.15. The van der Waals surface area contributed by atoms with E-state index in [1.54, 1.807) is 0 Å². The molecule has 0 saturated heterocycles. The molecule has 0 unspecified atom stereocenters. The largest absolute Gasteiger partial charge is 0.505 e. The van der Waals surface area contributed by atoms with Crippen LogP contribution in [0.3, 0.4) is 0 Å². The summed E-state index contributed by atoms with van der Waals surface area (Å²) >= 11 is 0. The van der Waals surface area contributed by atoms with E-state index >= 15 is 0 Å². The molecule has 0 amide bonds. The number of nitrogens with two attached hydrogens (primary N) is 1. The molecular weight excluding hydrogens is 601 g/mol. The lowest BCUT2D eigenvalue weighted by molar-refractivity contribution is 0.480. The third-order valence-electron chi connectivity index (χ3n) is 9.66. The standard InChI is InChI=1S/C27H19N.C18H13NO2/c1-18-14-15-26(22-11-5-4-10-21(18)22)28-25-13-7-6-12-23(25)24-16-19-8-2-3-9-20(19)17-27(24)28;19-17-16-12-8-4-5-9-14(12)21-15(16)10-13(18(17)20)11-6-2-1-3-7-11/h2-17H,1H3;1-10,20H,19H2. The number of nitrogen functional groups attached to an aromatic ring is 1. The van der Waals surface area contributed by atoms with Crippen LogP contribution in [0.1, 0.15) is 5.56 Å². The smallest absolute Gasteiger partial charge is 0.147 e. The molecule has 0 bridgehead atoms. The Kier molecular flexibility index (Phi) is 6.63. The number of hydrogen-bond acceptors (Lipinski definition) is 3. The molecule has 3 N–H and O–H groups in total. The van der Waals surface area contributed by atoms with Gasteiger partial charge in [-0.2, -0.15) is 0 Å². The second-order valence-corrected chi connectivity index (χ2v) is 12.5. The third-order valence-corrected chi connectivity index (χ3v) is 9.66. The maximum absolute atomic E-state index is 10.5. The number of aryl methyl sites for hydroxylation is 1. The summed E-state index contributed by atoms with van der Waals surface area (Å²) in [4.78, 5) is 0. The van der Waals surface area contributed by atoms with Gasteiger partial charge in [0.2, 0.25) is 0 Å². The van der Waals surface area contributed by atoms with Gasteiger partial charge < -0.3 is 19.8 Å². The van der Waals surface area contributed by atoms with Crippen LogP contribution in [0.15, 0.2) is 162 Å². The summed E-state index contributed by atoms with van der Waals surface area (Å²) in [7, 11) is 0. The van der Waals surface area contributed by atoms with Crippen LogP contribution < -0.4 is 5.73 Å². The Morgan fingerprint density at radius 1 is 0.531 bits per heavy atom. The van der Waals surface area contributed by atoms with Crippen LogP contribution in [0.4, 0.5) is 5.69 Å². The number of aromatic nitrogens is 1. The molecule has 0 saturated carbocycles. The fourth-order valence-corrected chi connectivity index (χ4v) is 7.29. The molecule has 0 spiro atoms. The fraction of sp³-hybridized carbons (Fsp3) is 0.0222. The second-order valence-electron chi connectivity index (χ2n) is 12.5. The zero-order valence-corrected chi connectivity index (χ0v) is 26.9. The lowest BCUT2D eigenvalue weighted by atomic mass is 10.0. The molecule has 0 aliphatic carbocycles. The van der Waals surface area contributed by atoms with Crippen molar-refractivity contribution in [2.75, 3.05) is 5.73 Å². The molecule has 10 aromatic rings. The van der Waals surface area contributed by atoms with Crippen LogP contribution >= 0.6 is 0 Å². The number of nitrogens with zero attached hydrogens (tertiary/aromatic N) is 1. The Morgan fingerprint density at radius 2 is 1.16 bits per heavy atom. The molecule has 234 valence electrons. The number of aromatic hydroxyl groups is 1. The quantitative estimate of drug-likeness (QED) is 0.147. The van der Waals surface area contributed by atoms with Crippen LogP contribution in [-0.2, 0) is 0 Å². The molecule has 0 aliphatic rings. The van der Waals surface area contributed by atoms with Gasteiger partial charge in [0.05, 0.1) is 27.8 Å². The van der Waals surface area contributed by atoms with Crippen LogP contribution in [0, 0.1) is 6.92 Å². The van der Waals surface area contributed by atoms with Crippen molar-refractivity contribution in [1.82, 2.24) is 4.57 Å². The normalized spacial score (nSPS) is 11.5. The van der Waals surface area contributed by atoms with E-state index in [0.29, 0.717) is 16.8 Å². The van der Waals surface area contributed by atoms with Gasteiger partial charge in [-0.3, -0.25) is 0 Å². The van der Waals surface area contributed by atoms with Crippen molar-refractivity contribution in [1.29, 1.82) is 0 Å². The summed E-state index contributed by atoms with van der Waals surface area (Å²) in [6, 6.07) is 54.4. The maximum atomic E-state index is 10.5. The minimum atomic E-state index is 0.0975. The molecular formula is C45H32N2O2. The van der Waals surface area contributed by atoms with E-state index in [2.05, 4.69) is 109 Å². The molecule has 2 aromatic heterocycles. The predicted molar refractivity (Wildman–Crippen MR) is 206 cm³/mol. The average molecular weight is 633 g/mol. The number of phenolic OH excluding ortho intramolecular Hbond substituents is 1. The molecule has 4 nitrogen and oxygen atoms in total. The molecule has 0 aliphatic heterocycles. The van der Waals surface area contributed by atoms with Crippen molar-refractivity contribution < 1.29 is 9.52 Å². The summed E-state index contributed by atoms with van der Waals surface area (Å²) in [5.74, 6) is 0.0975. The Balaban J connectivity index is 0.000000138. The highest BCUT2D eigenvalue weighted by Crippen LogP contribution is 2.43. The Hall–Kier alpha value is -6.52. The van der Waals surface area contributed by atoms with Crippen molar-refractivity contribution in [3.05, 3.63) is 163 Å². The minimum absolute atomic E-state index is 0.0975. The molecule has 8 aromatic carbocycles. The third kappa shape index (κ3) is 4.61. The van der Waals surface area contributed by atoms with Gasteiger partial charge in [-0.15, -0.1) is 0 Å². The number of para-hydroxylation sites is 2. The summed E-state index contributed by atoms with van der Waals surface area (Å²) in [6.45, 7) is 2.19. The molecule has 4 heteroatoms. The highest BCUT2D eigenvalue weighted by atomic mass is 16.3. The first-order valence-electron chi connectivity index (χ1n) is 16.5. The van der Waals surface area contributed by atoms with Crippen molar-refractivity contribution in [3.8, 4) is 22.6 Å². The van der Waals surface area contributed by atoms with E-state index in [-0.39, 0.29) is 5.75 Å². The number of hydrogen-bond donors (Lipinski definition) is 2. The lowest BCUT2D eigenvalue weighted by Crippen LogP contribution is -1.96. The zero-order chi connectivity index (χ0) is 33.1. The molecule has 10 rings (SSSR count). The van der Waals surface area contributed by atoms with Gasteiger partial charge in [0, 0.05) is 27.1 Å². The number of rotatable bonds is 2. The summed E-state index contributed by atoms with van der Waals surface area (Å²) in [5.41, 5.74) is 14.6. The van der Waals surface area contributed by atoms with E-state index in [9.17, 15) is 5.11 Å². The number of phenols is 1. The van der Waals surface area contributed by atoms with E-state index in [4.69, 9.17) is 10.2 Å². The van der Waals surface area contributed by atoms with Gasteiger partial charge in [-0.1, -0.05) is 121 Å². The van der Waals surface area contributed by atoms with Crippen molar-refractivity contribution in [3.63, 3.8) is 0 Å². The van der Waals surface area contributed by atoms with E-state index in [0.717, 1.165) is 21.9 Å². The Labute approximate surface area is 282 Å². The summed E-state index contributed by atoms with van der Waals surface area (Å²) < 4.78 is 8.29. The van der Waals surface area contributed by atoms with Crippen molar-refractivity contribution >= 4 is 71.0 Å². The number of benzene rings is 8. The second kappa shape index (κ2) is 11.3. The minimum Gasteiger partial charge on any atom is -0.505 e. The van der Waals surface area contributed by atoms with E-state index in [1.807, 2.05) is 60.7 Å². The van der Waals surface area contributed by atoms with Gasteiger partial charge in [-0.25, -0.2) is 0 Å². The topological polar surface area (TPSA) is 64.3 Å².